The molecule has 25 heavy (non-hydrogen) atoms. The van der Waals surface area contributed by atoms with Gasteiger partial charge in [0.2, 0.25) is 21.7 Å². The molecule has 0 radical (unpaired) electrons. The van der Waals surface area contributed by atoms with Gasteiger partial charge in [-0.3, -0.25) is 14.3 Å². The molecule has 1 atom stereocenters. The van der Waals surface area contributed by atoms with E-state index in [1.807, 2.05) is 4.72 Å². The summed E-state index contributed by atoms with van der Waals surface area (Å²) in [6.45, 7) is 3.58. The molecule has 1 aliphatic heterocycles. The van der Waals surface area contributed by atoms with Crippen molar-refractivity contribution in [3.8, 4) is 0 Å². The van der Waals surface area contributed by atoms with E-state index in [1.54, 1.807) is 0 Å². The molecule has 2 rings (SSSR count). The lowest BCUT2D eigenvalue weighted by Crippen LogP contribution is -2.33. The van der Waals surface area contributed by atoms with Gasteiger partial charge in [-0.15, -0.1) is 0 Å². The predicted octanol–water partition coefficient (Wildman–Crippen LogP) is 1.45. The van der Waals surface area contributed by atoms with Crippen LogP contribution < -0.4 is 4.72 Å². The zero-order valence-electron chi connectivity index (χ0n) is 13.6. The van der Waals surface area contributed by atoms with Crippen LogP contribution in [0.3, 0.4) is 0 Å². The molecule has 1 heterocycles. The Morgan fingerprint density at radius 1 is 1.32 bits per heavy atom. The number of ketones is 1. The number of carbonyl (C=O) groups excluding carboxylic acids is 2. The predicted molar refractivity (Wildman–Crippen MR) is 81.2 cm³/mol. The lowest BCUT2D eigenvalue weighted by atomic mass is 9.91. The van der Waals surface area contributed by atoms with E-state index in [2.05, 4.69) is 0 Å². The molecule has 0 spiro atoms. The minimum Gasteiger partial charge on any atom is -0.456 e. The van der Waals surface area contributed by atoms with E-state index in [0.717, 1.165) is 25.1 Å². The molecule has 136 valence electrons. The van der Waals surface area contributed by atoms with Gasteiger partial charge in [0.1, 0.15) is 0 Å². The summed E-state index contributed by atoms with van der Waals surface area (Å²) in [5.74, 6) is -5.71. The van der Waals surface area contributed by atoms with Crippen molar-refractivity contribution in [2.24, 2.45) is 0 Å². The van der Waals surface area contributed by atoms with Crippen LogP contribution in [0, 0.1) is 11.6 Å². The first kappa shape index (κ1) is 18.8. The first-order valence-corrected chi connectivity index (χ1v) is 8.78. The Balaban J connectivity index is 2.50. The van der Waals surface area contributed by atoms with Crippen molar-refractivity contribution in [1.82, 2.24) is 4.72 Å². The van der Waals surface area contributed by atoms with Gasteiger partial charge in [0, 0.05) is 12.5 Å². The Kier molecular flexibility index (Phi) is 4.85. The van der Waals surface area contributed by atoms with Crippen LogP contribution in [0.15, 0.2) is 29.8 Å². The number of esters is 1. The minimum absolute atomic E-state index is 0.0771. The number of hydrogen-bond acceptors (Lipinski definition) is 6. The fraction of sp³-hybridized carbons (Fsp3) is 0.333. The molecule has 1 aromatic rings. The van der Waals surface area contributed by atoms with Gasteiger partial charge in [-0.25, -0.2) is 17.2 Å². The fourth-order valence-corrected chi connectivity index (χ4v) is 2.68. The molecule has 1 unspecified atom stereocenters. The maximum Gasteiger partial charge on any atom is 0.308 e. The summed E-state index contributed by atoms with van der Waals surface area (Å²) >= 11 is 0. The largest absolute Gasteiger partial charge is 0.456 e. The average molecular weight is 375 g/mol. The molecule has 7 nitrogen and oxygen atoms in total. The lowest BCUT2D eigenvalue weighted by Gasteiger charge is -2.23. The van der Waals surface area contributed by atoms with Crippen LogP contribution in [-0.4, -0.2) is 25.9 Å². The number of nitrogens with one attached hydrogen (secondary N) is 1. The van der Waals surface area contributed by atoms with Crippen LogP contribution in [0.2, 0.25) is 0 Å². The quantitative estimate of drug-likeness (QED) is 0.782. The number of ether oxygens (including phenoxy) is 2. The third-order valence-electron chi connectivity index (χ3n) is 3.50. The molecule has 1 N–H and O–H groups in total. The van der Waals surface area contributed by atoms with Gasteiger partial charge >= 0.3 is 5.97 Å². The molecule has 0 aliphatic carbocycles. The van der Waals surface area contributed by atoms with Crippen molar-refractivity contribution < 1.29 is 36.3 Å². The summed E-state index contributed by atoms with van der Waals surface area (Å²) in [4.78, 5) is 23.9. The highest BCUT2D eigenvalue weighted by molar-refractivity contribution is 7.89. The van der Waals surface area contributed by atoms with Crippen LogP contribution in [0.25, 0.3) is 0 Å². The molecular formula is C15H15F2NO6S. The van der Waals surface area contributed by atoms with E-state index in [4.69, 9.17) is 9.47 Å². The second-order valence-corrected chi connectivity index (χ2v) is 7.36. The number of benzene rings is 1. The van der Waals surface area contributed by atoms with Crippen molar-refractivity contribution in [2.75, 3.05) is 5.75 Å². The van der Waals surface area contributed by atoms with Crippen molar-refractivity contribution in [2.45, 2.75) is 26.4 Å². The van der Waals surface area contributed by atoms with E-state index in [0.29, 0.717) is 0 Å². The van der Waals surface area contributed by atoms with Gasteiger partial charge in [-0.1, -0.05) is 6.07 Å². The first-order chi connectivity index (χ1) is 11.5. The Morgan fingerprint density at radius 3 is 2.48 bits per heavy atom. The Morgan fingerprint density at radius 2 is 1.96 bits per heavy atom. The van der Waals surface area contributed by atoms with Crippen LogP contribution >= 0.6 is 0 Å². The molecule has 0 bridgehead atoms. The summed E-state index contributed by atoms with van der Waals surface area (Å²) < 4.78 is 62.3. The van der Waals surface area contributed by atoms with Crippen molar-refractivity contribution in [3.63, 3.8) is 0 Å². The van der Waals surface area contributed by atoms with Gasteiger partial charge in [0.25, 0.3) is 5.78 Å². The van der Waals surface area contributed by atoms with Gasteiger partial charge in [0.15, 0.2) is 17.2 Å². The molecule has 10 heteroatoms. The van der Waals surface area contributed by atoms with Crippen LogP contribution in [0.1, 0.15) is 26.3 Å². The number of sulfonamides is 1. The van der Waals surface area contributed by atoms with Crippen molar-refractivity contribution in [1.29, 1.82) is 0 Å². The Bertz CT molecular complexity index is 880. The maximum absolute atomic E-state index is 13.5. The van der Waals surface area contributed by atoms with Crippen LogP contribution in [-0.2, 0) is 34.7 Å². The Labute approximate surface area is 142 Å². The van der Waals surface area contributed by atoms with Crippen molar-refractivity contribution in [3.05, 3.63) is 47.0 Å². The number of Topliss-reactive ketones (excluding diaryl/α,β-unsaturated/α-hetero) is 1. The minimum atomic E-state index is -3.85. The molecule has 1 aromatic carbocycles. The van der Waals surface area contributed by atoms with Crippen molar-refractivity contribution >= 4 is 21.8 Å². The summed E-state index contributed by atoms with van der Waals surface area (Å²) in [6, 6.07) is 2.65. The van der Waals surface area contributed by atoms with E-state index >= 15 is 0 Å². The molecule has 1 aliphatic rings. The SMILES string of the molecule is CCS(=O)(=O)NC1=C(OC(C)=O)C(=O)C(C)(c2ccc(F)c(F)c2)O1. The number of hydrogen-bond donors (Lipinski definition) is 1. The summed E-state index contributed by atoms with van der Waals surface area (Å²) in [7, 11) is -3.85. The van der Waals surface area contributed by atoms with Crippen LogP contribution in [0.4, 0.5) is 8.78 Å². The third kappa shape index (κ3) is 3.63. The zero-order chi connectivity index (χ0) is 19.0. The number of carbonyl (C=O) groups is 2. The smallest absolute Gasteiger partial charge is 0.308 e. The normalized spacial score (nSPS) is 20.4. The summed E-state index contributed by atoms with van der Waals surface area (Å²) in [6.07, 6.45) is 0. The monoisotopic (exact) mass is 375 g/mol. The zero-order valence-corrected chi connectivity index (χ0v) is 14.4. The van der Waals surface area contributed by atoms with E-state index in [9.17, 15) is 26.8 Å². The van der Waals surface area contributed by atoms with Gasteiger partial charge in [-0.05, 0) is 26.0 Å². The molecule has 0 fully saturated rings. The number of halogens is 2. The second kappa shape index (κ2) is 6.43. The highest BCUT2D eigenvalue weighted by Gasteiger charge is 2.50. The fourth-order valence-electron chi connectivity index (χ4n) is 2.12. The summed E-state index contributed by atoms with van der Waals surface area (Å²) in [5.41, 5.74) is -1.97. The van der Waals surface area contributed by atoms with Gasteiger partial charge in [0.05, 0.1) is 5.75 Å². The molecular weight excluding hydrogens is 360 g/mol. The van der Waals surface area contributed by atoms with Gasteiger partial charge < -0.3 is 9.47 Å². The molecule has 0 saturated carbocycles. The third-order valence-corrected chi connectivity index (χ3v) is 4.75. The maximum atomic E-state index is 13.5. The average Bonchev–Trinajstić information content (AvgIpc) is 2.74. The standard InChI is InChI=1S/C15H15F2NO6S/c1-4-25(21,22)18-14-12(23-8(2)19)13(20)15(3,24-14)9-5-6-10(16)11(17)7-9/h5-7,18H,4H2,1-3H3. The molecule has 0 saturated heterocycles. The Hall–Kier alpha value is -2.49. The highest BCUT2D eigenvalue weighted by Crippen LogP contribution is 2.39. The van der Waals surface area contributed by atoms with E-state index in [1.165, 1.54) is 13.8 Å². The molecule has 0 aromatic heterocycles. The van der Waals surface area contributed by atoms with Crippen LogP contribution in [0.5, 0.6) is 0 Å². The molecule has 0 amide bonds. The summed E-state index contributed by atoms with van der Waals surface area (Å²) in [5, 5.41) is 0. The van der Waals surface area contributed by atoms with E-state index in [-0.39, 0.29) is 11.3 Å². The number of rotatable bonds is 5. The second-order valence-electron chi connectivity index (χ2n) is 5.35. The topological polar surface area (TPSA) is 98.8 Å². The lowest BCUT2D eigenvalue weighted by molar-refractivity contribution is -0.142. The van der Waals surface area contributed by atoms with E-state index < -0.39 is 50.7 Å². The van der Waals surface area contributed by atoms with Gasteiger partial charge in [-0.2, -0.15) is 0 Å². The first-order valence-electron chi connectivity index (χ1n) is 7.12. The highest BCUT2D eigenvalue weighted by atomic mass is 32.2.